The van der Waals surface area contributed by atoms with Crippen molar-refractivity contribution in [1.82, 2.24) is 10.1 Å². The molecule has 2 N–H and O–H groups in total. The van der Waals surface area contributed by atoms with Gasteiger partial charge in [0.25, 0.3) is 0 Å². The van der Waals surface area contributed by atoms with Gasteiger partial charge in [0.05, 0.1) is 12.1 Å². The Morgan fingerprint density at radius 2 is 1.96 bits per heavy atom. The monoisotopic (exact) mass is 360 g/mol. The summed E-state index contributed by atoms with van der Waals surface area (Å²) in [6.45, 7) is 4.68. The lowest BCUT2D eigenvalue weighted by molar-refractivity contribution is -0.139. The van der Waals surface area contributed by atoms with Gasteiger partial charge >= 0.3 is 0 Å². The van der Waals surface area contributed by atoms with Gasteiger partial charge in [0.1, 0.15) is 17.6 Å². The minimum atomic E-state index is -0.748. The maximum atomic E-state index is 13.1. The highest BCUT2D eigenvalue weighted by molar-refractivity contribution is 5.88. The first-order chi connectivity index (χ1) is 12.4. The van der Waals surface area contributed by atoms with Gasteiger partial charge in [-0.15, -0.1) is 0 Å². The Kier molecular flexibility index (Phi) is 4.92. The van der Waals surface area contributed by atoms with E-state index < -0.39 is 11.9 Å². The van der Waals surface area contributed by atoms with Crippen molar-refractivity contribution in [2.45, 2.75) is 26.3 Å². The molecule has 0 saturated carbocycles. The molecule has 2 aromatic rings. The lowest BCUT2D eigenvalue weighted by atomic mass is 10.1. The van der Waals surface area contributed by atoms with Crippen LogP contribution in [0, 0.1) is 19.7 Å². The predicted octanol–water partition coefficient (Wildman–Crippen LogP) is 1.18. The fraction of sp³-hybridized carbons (Fsp3) is 0.389. The molecule has 8 heteroatoms. The normalized spacial score (nSPS) is 17.4. The lowest BCUT2D eigenvalue weighted by Gasteiger charge is -2.41. The molecule has 2 heterocycles. The van der Waals surface area contributed by atoms with E-state index in [9.17, 15) is 14.0 Å². The van der Waals surface area contributed by atoms with Crippen molar-refractivity contribution in [1.29, 1.82) is 0 Å². The minimum absolute atomic E-state index is 0.113. The molecular weight excluding hydrogens is 339 g/mol. The van der Waals surface area contributed by atoms with Crippen LogP contribution >= 0.6 is 0 Å². The summed E-state index contributed by atoms with van der Waals surface area (Å²) < 4.78 is 18.2. The van der Waals surface area contributed by atoms with Gasteiger partial charge < -0.3 is 20.1 Å². The molecule has 2 amide bonds. The molecule has 1 fully saturated rings. The molecular formula is C18H21FN4O3. The van der Waals surface area contributed by atoms with Crippen molar-refractivity contribution in [2.75, 3.05) is 24.5 Å². The molecule has 1 aliphatic heterocycles. The number of rotatable bonds is 4. The molecule has 0 spiro atoms. The van der Waals surface area contributed by atoms with Crippen molar-refractivity contribution in [2.24, 2.45) is 5.73 Å². The number of benzene rings is 1. The number of halogens is 1. The fourth-order valence-corrected chi connectivity index (χ4v) is 3.22. The van der Waals surface area contributed by atoms with Crippen LogP contribution in [0.3, 0.4) is 0 Å². The van der Waals surface area contributed by atoms with E-state index in [1.165, 1.54) is 17.0 Å². The number of hydrogen-bond acceptors (Lipinski definition) is 5. The predicted molar refractivity (Wildman–Crippen MR) is 93.0 cm³/mol. The Hall–Kier alpha value is -2.90. The first-order valence-electron chi connectivity index (χ1n) is 8.38. The van der Waals surface area contributed by atoms with Gasteiger partial charge in [0.2, 0.25) is 11.8 Å². The molecule has 3 rings (SSSR count). The van der Waals surface area contributed by atoms with Crippen LogP contribution in [-0.4, -0.2) is 47.5 Å². The molecule has 1 atom stereocenters. The van der Waals surface area contributed by atoms with Crippen molar-refractivity contribution >= 4 is 17.5 Å². The van der Waals surface area contributed by atoms with E-state index in [0.717, 1.165) is 11.3 Å². The number of carbonyl (C=O) groups is 2. The zero-order valence-electron chi connectivity index (χ0n) is 14.7. The summed E-state index contributed by atoms with van der Waals surface area (Å²) in [5.41, 5.74) is 7.73. The number of aryl methyl sites for hydroxylation is 2. The van der Waals surface area contributed by atoms with Crippen molar-refractivity contribution < 1.29 is 18.5 Å². The van der Waals surface area contributed by atoms with E-state index in [0.29, 0.717) is 24.5 Å². The maximum Gasteiger partial charge on any atom is 0.242 e. The highest BCUT2D eigenvalue weighted by Crippen LogP contribution is 2.21. The average Bonchev–Trinajstić information content (AvgIpc) is 2.93. The van der Waals surface area contributed by atoms with Crippen molar-refractivity contribution in [3.8, 4) is 0 Å². The SMILES string of the molecule is Cc1noc(C)c1CC(=O)N1CCN(c2ccc(F)cc2)CC1C(N)=O. The molecule has 7 nitrogen and oxygen atoms in total. The third-order valence-electron chi connectivity index (χ3n) is 4.73. The summed E-state index contributed by atoms with van der Waals surface area (Å²) >= 11 is 0. The van der Waals surface area contributed by atoms with Crippen LogP contribution in [0.2, 0.25) is 0 Å². The third-order valence-corrected chi connectivity index (χ3v) is 4.73. The smallest absolute Gasteiger partial charge is 0.242 e. The highest BCUT2D eigenvalue weighted by atomic mass is 19.1. The topological polar surface area (TPSA) is 92.7 Å². The summed E-state index contributed by atoms with van der Waals surface area (Å²) in [5, 5.41) is 3.85. The van der Waals surface area contributed by atoms with Crippen molar-refractivity contribution in [3.63, 3.8) is 0 Å². The van der Waals surface area contributed by atoms with E-state index >= 15 is 0 Å². The summed E-state index contributed by atoms with van der Waals surface area (Å²) in [6, 6.07) is 5.28. The second kappa shape index (κ2) is 7.15. The van der Waals surface area contributed by atoms with Crippen molar-refractivity contribution in [3.05, 3.63) is 47.1 Å². The lowest BCUT2D eigenvalue weighted by Crippen LogP contribution is -2.60. The van der Waals surface area contributed by atoms with Crippen LogP contribution in [0.25, 0.3) is 0 Å². The highest BCUT2D eigenvalue weighted by Gasteiger charge is 2.34. The summed E-state index contributed by atoms with van der Waals surface area (Å²) in [4.78, 5) is 28.1. The van der Waals surface area contributed by atoms with Gasteiger partial charge in [-0.25, -0.2) is 4.39 Å². The molecule has 1 aromatic heterocycles. The number of aromatic nitrogens is 1. The van der Waals surface area contributed by atoms with E-state index in [2.05, 4.69) is 5.16 Å². The van der Waals surface area contributed by atoms with Crippen LogP contribution in [0.15, 0.2) is 28.8 Å². The number of nitrogens with two attached hydrogens (primary N) is 1. The van der Waals surface area contributed by atoms with Gasteiger partial charge in [0, 0.05) is 30.9 Å². The molecule has 138 valence electrons. The second-order valence-corrected chi connectivity index (χ2v) is 6.41. The number of nitrogens with zero attached hydrogens (tertiary/aromatic N) is 3. The minimum Gasteiger partial charge on any atom is -0.368 e. The summed E-state index contributed by atoms with van der Waals surface area (Å²) in [7, 11) is 0. The third kappa shape index (κ3) is 3.54. The molecule has 1 aromatic carbocycles. The standard InChI is InChI=1S/C18H21FN4O3/c1-11-15(12(2)26-21-11)9-17(24)23-8-7-22(10-16(23)18(20)25)14-5-3-13(19)4-6-14/h3-6,16H,7-10H2,1-2H3,(H2,20,25). The van der Waals surface area contributed by atoms with Crippen LogP contribution in [0.1, 0.15) is 17.0 Å². The molecule has 1 aliphatic rings. The van der Waals surface area contributed by atoms with Gasteiger partial charge in [-0.05, 0) is 38.1 Å². The van der Waals surface area contributed by atoms with E-state index in [1.807, 2.05) is 4.90 Å². The van der Waals surface area contributed by atoms with E-state index in [-0.39, 0.29) is 24.7 Å². The van der Waals surface area contributed by atoms with Gasteiger partial charge in [-0.2, -0.15) is 0 Å². The van der Waals surface area contributed by atoms with Crippen LogP contribution in [-0.2, 0) is 16.0 Å². The Bertz CT molecular complexity index is 799. The Morgan fingerprint density at radius 1 is 1.27 bits per heavy atom. The van der Waals surface area contributed by atoms with Crippen LogP contribution in [0.5, 0.6) is 0 Å². The Labute approximate surface area is 150 Å². The van der Waals surface area contributed by atoms with Gasteiger partial charge in [-0.1, -0.05) is 5.16 Å². The van der Waals surface area contributed by atoms with E-state index in [4.69, 9.17) is 10.3 Å². The first kappa shape index (κ1) is 17.9. The molecule has 0 aliphatic carbocycles. The largest absolute Gasteiger partial charge is 0.368 e. The van der Waals surface area contributed by atoms with Crippen LogP contribution in [0.4, 0.5) is 10.1 Å². The number of anilines is 1. The quantitative estimate of drug-likeness (QED) is 0.884. The number of carbonyl (C=O) groups excluding carboxylic acids is 2. The second-order valence-electron chi connectivity index (χ2n) is 6.41. The average molecular weight is 360 g/mol. The molecule has 0 radical (unpaired) electrons. The van der Waals surface area contributed by atoms with E-state index in [1.54, 1.807) is 26.0 Å². The van der Waals surface area contributed by atoms with Crippen LogP contribution < -0.4 is 10.6 Å². The molecule has 1 unspecified atom stereocenters. The molecule has 1 saturated heterocycles. The number of amides is 2. The Morgan fingerprint density at radius 3 is 2.54 bits per heavy atom. The number of piperazine rings is 1. The molecule has 26 heavy (non-hydrogen) atoms. The van der Waals surface area contributed by atoms with Gasteiger partial charge in [0.15, 0.2) is 0 Å². The molecule has 0 bridgehead atoms. The Balaban J connectivity index is 1.75. The summed E-state index contributed by atoms with van der Waals surface area (Å²) in [6.07, 6.45) is 0.113. The first-order valence-corrected chi connectivity index (χ1v) is 8.38. The maximum absolute atomic E-state index is 13.1. The van der Waals surface area contributed by atoms with Gasteiger partial charge in [-0.3, -0.25) is 9.59 Å². The zero-order valence-corrected chi connectivity index (χ0v) is 14.7. The number of primary amides is 1. The number of hydrogen-bond donors (Lipinski definition) is 1. The fourth-order valence-electron chi connectivity index (χ4n) is 3.22. The summed E-state index contributed by atoms with van der Waals surface area (Å²) in [5.74, 6) is -0.490. The zero-order chi connectivity index (χ0) is 18.8.